The van der Waals surface area contributed by atoms with E-state index in [0.717, 1.165) is 64.4 Å². The number of nitrogens with one attached hydrogen (secondary N) is 1. The number of hydrogen-bond donors (Lipinski definition) is 1. The van der Waals surface area contributed by atoms with Crippen LogP contribution >= 0.6 is 0 Å². The van der Waals surface area contributed by atoms with E-state index in [1.54, 1.807) is 0 Å². The maximum Gasteiger partial charge on any atom is 0.219 e. The van der Waals surface area contributed by atoms with Crippen LogP contribution in [-0.2, 0) is 19.0 Å². The molecule has 0 aliphatic heterocycles. The van der Waals surface area contributed by atoms with Gasteiger partial charge in [-0.2, -0.15) is 0 Å². The minimum absolute atomic E-state index is 0.0657. The van der Waals surface area contributed by atoms with E-state index in [1.165, 1.54) is 0 Å². The molecule has 32 heavy (non-hydrogen) atoms. The molecule has 0 aromatic rings. The predicted octanol–water partition coefficient (Wildman–Crippen LogP) is 5.21. The Morgan fingerprint density at radius 2 is 1.72 bits per heavy atom. The van der Waals surface area contributed by atoms with Crippen molar-refractivity contribution in [1.29, 1.82) is 0 Å². The zero-order valence-corrected chi connectivity index (χ0v) is 20.5. The molecular formula is C26H46FNO4. The summed E-state index contributed by atoms with van der Waals surface area (Å²) in [5.41, 5.74) is -1.34. The Bertz CT molecular complexity index is 534. The summed E-state index contributed by atoms with van der Waals surface area (Å²) in [6, 6.07) is 0. The van der Waals surface area contributed by atoms with Crippen molar-refractivity contribution in [3.8, 4) is 11.8 Å². The van der Waals surface area contributed by atoms with E-state index in [4.69, 9.17) is 14.2 Å². The lowest BCUT2D eigenvalue weighted by molar-refractivity contribution is -0.121. The van der Waals surface area contributed by atoms with Crippen molar-refractivity contribution in [3.63, 3.8) is 0 Å². The topological polar surface area (TPSA) is 56.8 Å². The van der Waals surface area contributed by atoms with Crippen LogP contribution in [0.2, 0.25) is 0 Å². The number of carbonyl (C=O) groups excluding carboxylic acids is 1. The first-order valence-corrected chi connectivity index (χ1v) is 12.8. The molecule has 2 atom stereocenters. The zero-order chi connectivity index (χ0) is 23.3. The fourth-order valence-corrected chi connectivity index (χ4v) is 3.87. The summed E-state index contributed by atoms with van der Waals surface area (Å²) in [4.78, 5) is 12.1. The molecule has 1 N–H and O–H groups in total. The van der Waals surface area contributed by atoms with Gasteiger partial charge in [-0.15, -0.1) is 0 Å². The number of hydrogen-bond acceptors (Lipinski definition) is 4. The van der Waals surface area contributed by atoms with Crippen molar-refractivity contribution in [2.24, 2.45) is 5.92 Å². The van der Waals surface area contributed by atoms with Crippen molar-refractivity contribution >= 4 is 5.91 Å². The van der Waals surface area contributed by atoms with Crippen LogP contribution in [0.25, 0.3) is 0 Å². The van der Waals surface area contributed by atoms with E-state index in [-0.39, 0.29) is 11.8 Å². The minimum atomic E-state index is -1.34. The summed E-state index contributed by atoms with van der Waals surface area (Å²) in [7, 11) is 0. The second-order valence-electron chi connectivity index (χ2n) is 8.74. The van der Waals surface area contributed by atoms with Gasteiger partial charge in [0.15, 0.2) is 5.67 Å². The lowest BCUT2D eigenvalue weighted by atomic mass is 9.83. The first kappa shape index (κ1) is 28.9. The van der Waals surface area contributed by atoms with E-state index in [0.29, 0.717) is 58.8 Å². The number of ether oxygens (including phenoxy) is 3. The summed E-state index contributed by atoms with van der Waals surface area (Å²) >= 11 is 0. The van der Waals surface area contributed by atoms with Gasteiger partial charge in [-0.25, -0.2) is 4.39 Å². The van der Waals surface area contributed by atoms with Crippen LogP contribution in [0.3, 0.4) is 0 Å². The highest BCUT2D eigenvalue weighted by Crippen LogP contribution is 2.32. The van der Waals surface area contributed by atoms with Crippen LogP contribution in [-0.4, -0.2) is 57.8 Å². The Morgan fingerprint density at radius 1 is 1.00 bits per heavy atom. The lowest BCUT2D eigenvalue weighted by Crippen LogP contribution is -2.27. The molecule has 5 nitrogen and oxygen atoms in total. The average molecular weight is 456 g/mol. The molecule has 0 radical (unpaired) electrons. The lowest BCUT2D eigenvalue weighted by Gasteiger charge is -2.26. The fraction of sp³-hybridized carbons (Fsp3) is 0.885. The van der Waals surface area contributed by atoms with Crippen molar-refractivity contribution in [1.82, 2.24) is 5.32 Å². The largest absolute Gasteiger partial charge is 0.379 e. The summed E-state index contributed by atoms with van der Waals surface area (Å²) in [5.74, 6) is 6.29. The van der Waals surface area contributed by atoms with Crippen LogP contribution < -0.4 is 5.32 Å². The predicted molar refractivity (Wildman–Crippen MR) is 127 cm³/mol. The van der Waals surface area contributed by atoms with Gasteiger partial charge < -0.3 is 19.5 Å². The Labute approximate surface area is 195 Å². The van der Waals surface area contributed by atoms with E-state index in [2.05, 4.69) is 31.0 Å². The molecule has 6 heteroatoms. The second kappa shape index (κ2) is 19.3. The average Bonchev–Trinajstić information content (AvgIpc) is 2.77. The number of amides is 1. The molecular weight excluding hydrogens is 409 g/mol. The molecule has 0 saturated carbocycles. The summed E-state index contributed by atoms with van der Waals surface area (Å²) in [5, 5.41) is 2.95. The second-order valence-corrected chi connectivity index (χ2v) is 8.74. The Hall–Kier alpha value is -1.16. The number of alkyl halides is 1. The van der Waals surface area contributed by atoms with Gasteiger partial charge in [-0.1, -0.05) is 38.5 Å². The monoisotopic (exact) mass is 455 g/mol. The Balaban J connectivity index is 2.02. The maximum absolute atomic E-state index is 15.2. The molecule has 2 unspecified atom stereocenters. The van der Waals surface area contributed by atoms with Crippen LogP contribution in [0.1, 0.15) is 90.9 Å². The highest BCUT2D eigenvalue weighted by Gasteiger charge is 2.30. The molecule has 0 fully saturated rings. The Morgan fingerprint density at radius 3 is 2.44 bits per heavy atom. The SMILES string of the molecule is CCCOCCOCCOCCCNC(=O)CCCC(CC)CC1(F)C#CCCCCC1. The van der Waals surface area contributed by atoms with Crippen LogP contribution in [0, 0.1) is 17.8 Å². The van der Waals surface area contributed by atoms with Gasteiger partial charge >= 0.3 is 0 Å². The van der Waals surface area contributed by atoms with Gasteiger partial charge in [-0.05, 0) is 57.3 Å². The maximum atomic E-state index is 15.2. The third kappa shape index (κ3) is 15.6. The van der Waals surface area contributed by atoms with Gasteiger partial charge in [0, 0.05) is 32.6 Å². The van der Waals surface area contributed by atoms with Crippen LogP contribution in [0.4, 0.5) is 4.39 Å². The number of carbonyl (C=O) groups is 1. The van der Waals surface area contributed by atoms with E-state index >= 15 is 4.39 Å². The molecule has 0 bridgehead atoms. The van der Waals surface area contributed by atoms with Gasteiger partial charge in [0.05, 0.1) is 26.4 Å². The normalized spacial score (nSPS) is 19.5. The molecule has 0 aromatic carbocycles. The molecule has 0 heterocycles. The Kier molecular flexibility index (Phi) is 17.4. The molecule has 186 valence electrons. The van der Waals surface area contributed by atoms with Crippen molar-refractivity contribution in [2.75, 3.05) is 46.2 Å². The molecule has 1 aliphatic carbocycles. The molecule has 0 spiro atoms. The smallest absolute Gasteiger partial charge is 0.219 e. The third-order valence-corrected chi connectivity index (χ3v) is 5.77. The highest BCUT2D eigenvalue weighted by atomic mass is 19.1. The summed E-state index contributed by atoms with van der Waals surface area (Å²) < 4.78 is 31.4. The quantitative estimate of drug-likeness (QED) is 0.214. The van der Waals surface area contributed by atoms with Crippen molar-refractivity contribution in [2.45, 2.75) is 96.6 Å². The summed E-state index contributed by atoms with van der Waals surface area (Å²) in [6.45, 7) is 8.52. The highest BCUT2D eigenvalue weighted by molar-refractivity contribution is 5.75. The van der Waals surface area contributed by atoms with E-state index < -0.39 is 5.67 Å². The molecule has 1 aliphatic rings. The molecule has 0 saturated heterocycles. The first-order chi connectivity index (χ1) is 15.6. The third-order valence-electron chi connectivity index (χ3n) is 5.77. The zero-order valence-electron chi connectivity index (χ0n) is 20.5. The number of rotatable bonds is 19. The van der Waals surface area contributed by atoms with Crippen molar-refractivity contribution < 1.29 is 23.4 Å². The van der Waals surface area contributed by atoms with Gasteiger partial charge in [0.2, 0.25) is 5.91 Å². The summed E-state index contributed by atoms with van der Waals surface area (Å²) in [6.07, 6.45) is 9.87. The standard InChI is InChI=1S/C26H46FNO4/c1-3-17-30-19-21-32-22-20-31-18-11-16-28-25(29)13-10-12-24(4-2)23-26(27)14-8-6-5-7-9-15-26/h24H,3-8,10-14,16-23H2,1-2H3,(H,28,29). The molecule has 0 aromatic heterocycles. The van der Waals surface area contributed by atoms with Gasteiger partial charge in [0.25, 0.3) is 0 Å². The number of halogens is 1. The van der Waals surface area contributed by atoms with Crippen LogP contribution in [0.15, 0.2) is 0 Å². The van der Waals surface area contributed by atoms with E-state index in [1.807, 2.05) is 0 Å². The minimum Gasteiger partial charge on any atom is -0.379 e. The fourth-order valence-electron chi connectivity index (χ4n) is 3.87. The van der Waals surface area contributed by atoms with Crippen molar-refractivity contribution in [3.05, 3.63) is 0 Å². The van der Waals surface area contributed by atoms with E-state index in [9.17, 15) is 4.79 Å². The molecule has 1 rings (SSSR count). The van der Waals surface area contributed by atoms with Gasteiger partial charge in [-0.3, -0.25) is 4.79 Å². The molecule has 1 amide bonds. The first-order valence-electron chi connectivity index (χ1n) is 12.8. The van der Waals surface area contributed by atoms with Gasteiger partial charge in [0.1, 0.15) is 0 Å². The van der Waals surface area contributed by atoms with Crippen LogP contribution in [0.5, 0.6) is 0 Å².